The van der Waals surface area contributed by atoms with E-state index < -0.39 is 5.54 Å². The summed E-state index contributed by atoms with van der Waals surface area (Å²) in [5, 5.41) is 6.73. The molecule has 2 aromatic carbocycles. The summed E-state index contributed by atoms with van der Waals surface area (Å²) in [6.07, 6.45) is 5.37. The predicted octanol–water partition coefficient (Wildman–Crippen LogP) is 3.03. The smallest absolute Gasteiger partial charge is 0.160 e. The second kappa shape index (κ2) is 9.36. The first kappa shape index (κ1) is 23.0. The van der Waals surface area contributed by atoms with Gasteiger partial charge in [-0.2, -0.15) is 4.91 Å². The molecule has 0 radical (unpaired) electrons. The number of aliphatic imine (C=N–C) groups is 1. The molecular formula is C26H32BN5O. The van der Waals surface area contributed by atoms with E-state index in [-0.39, 0.29) is 18.5 Å². The Bertz CT molecular complexity index is 1140. The predicted molar refractivity (Wildman–Crippen MR) is 140 cm³/mol. The van der Waals surface area contributed by atoms with E-state index in [0.717, 1.165) is 24.8 Å². The molecule has 6 nitrogen and oxygen atoms in total. The Morgan fingerprint density at radius 3 is 2.82 bits per heavy atom. The summed E-state index contributed by atoms with van der Waals surface area (Å²) in [5.74, 6) is 0.288. The molecule has 0 fully saturated rings. The third-order valence-electron chi connectivity index (χ3n) is 6.98. The van der Waals surface area contributed by atoms with E-state index in [1.807, 2.05) is 19.3 Å². The number of nitroso groups, excluding NO2 is 1. The Morgan fingerprint density at radius 2 is 2.09 bits per heavy atom. The van der Waals surface area contributed by atoms with Gasteiger partial charge in [0, 0.05) is 42.7 Å². The molecule has 2 aliphatic rings. The molecule has 4 rings (SSSR count). The quantitative estimate of drug-likeness (QED) is 0.454. The van der Waals surface area contributed by atoms with Gasteiger partial charge in [0.05, 0.1) is 6.04 Å². The second-order valence-electron chi connectivity index (χ2n) is 9.43. The van der Waals surface area contributed by atoms with Gasteiger partial charge < -0.3 is 16.8 Å². The van der Waals surface area contributed by atoms with Crippen LogP contribution in [-0.2, 0) is 0 Å². The maximum atomic E-state index is 11.4. The molecule has 7 heteroatoms. The van der Waals surface area contributed by atoms with Crippen molar-refractivity contribution in [2.75, 3.05) is 13.1 Å². The summed E-state index contributed by atoms with van der Waals surface area (Å²) in [6, 6.07) is 13.1. The molecule has 0 aromatic heterocycles. The highest BCUT2D eigenvalue weighted by Crippen LogP contribution is 2.47. The Hall–Kier alpha value is -3.19. The summed E-state index contributed by atoms with van der Waals surface area (Å²) in [7, 11) is 0.725. The van der Waals surface area contributed by atoms with Gasteiger partial charge in [-0.1, -0.05) is 60.5 Å². The van der Waals surface area contributed by atoms with E-state index in [9.17, 15) is 4.91 Å². The zero-order chi connectivity index (χ0) is 23.6. The summed E-state index contributed by atoms with van der Waals surface area (Å²) < 4.78 is 0. The molecule has 3 atom stereocenters. The van der Waals surface area contributed by atoms with Crippen LogP contribution >= 0.6 is 0 Å². The van der Waals surface area contributed by atoms with Crippen LogP contribution in [0.25, 0.3) is 16.7 Å². The first-order valence-electron chi connectivity index (χ1n) is 11.6. The molecule has 0 saturated heterocycles. The number of fused-ring (bicyclic) bond motifs is 3. The summed E-state index contributed by atoms with van der Waals surface area (Å²) >= 11 is 0. The van der Waals surface area contributed by atoms with Crippen molar-refractivity contribution in [3.8, 4) is 11.1 Å². The van der Waals surface area contributed by atoms with Crippen molar-refractivity contribution >= 4 is 24.5 Å². The van der Waals surface area contributed by atoms with Gasteiger partial charge in [-0.15, -0.1) is 0 Å². The molecule has 0 saturated carbocycles. The number of nitrogens with two attached hydrogens (primary N) is 2. The molecule has 0 bridgehead atoms. The van der Waals surface area contributed by atoms with Gasteiger partial charge in [0.25, 0.3) is 0 Å². The number of nitrogens with zero attached hydrogens (tertiary/aromatic N) is 2. The van der Waals surface area contributed by atoms with Crippen LogP contribution in [0.5, 0.6) is 0 Å². The van der Waals surface area contributed by atoms with Crippen LogP contribution in [0, 0.1) is 4.91 Å². The van der Waals surface area contributed by atoms with E-state index in [0.29, 0.717) is 18.6 Å². The average molecular weight is 441 g/mol. The third kappa shape index (κ3) is 4.51. The van der Waals surface area contributed by atoms with Crippen molar-refractivity contribution in [3.63, 3.8) is 0 Å². The second-order valence-corrected chi connectivity index (χ2v) is 9.43. The highest BCUT2D eigenvalue weighted by molar-refractivity contribution is 6.54. The molecule has 2 aromatic rings. The van der Waals surface area contributed by atoms with E-state index in [1.165, 1.54) is 27.7 Å². The molecule has 5 N–H and O–H groups in total. The summed E-state index contributed by atoms with van der Waals surface area (Å²) in [5.41, 5.74) is 20.1. The van der Waals surface area contributed by atoms with Crippen LogP contribution in [-0.4, -0.2) is 38.2 Å². The van der Waals surface area contributed by atoms with Crippen LogP contribution in [0.3, 0.4) is 0 Å². The zero-order valence-corrected chi connectivity index (χ0v) is 19.5. The third-order valence-corrected chi connectivity index (χ3v) is 6.98. The molecule has 170 valence electrons. The number of benzene rings is 2. The monoisotopic (exact) mass is 441 g/mol. The molecule has 1 heterocycles. The van der Waals surface area contributed by atoms with Crippen molar-refractivity contribution in [2.24, 2.45) is 21.6 Å². The fourth-order valence-corrected chi connectivity index (χ4v) is 4.73. The first-order chi connectivity index (χ1) is 15.9. The van der Waals surface area contributed by atoms with Crippen molar-refractivity contribution < 1.29 is 0 Å². The maximum absolute atomic E-state index is 11.4. The highest BCUT2D eigenvalue weighted by Gasteiger charge is 2.30. The van der Waals surface area contributed by atoms with Crippen molar-refractivity contribution in [2.45, 2.75) is 44.1 Å². The van der Waals surface area contributed by atoms with Crippen LogP contribution in [0.1, 0.15) is 42.9 Å². The molecule has 1 aliphatic heterocycles. The largest absolute Gasteiger partial charge is 0.401 e. The lowest BCUT2D eigenvalue weighted by molar-refractivity contribution is 0.529. The SMILES string of the molecule is C=C(N)C1CC/N=C\C(c2cc(BCC(C)(CN)N=O)cc3c2-c2ccccc2C3C)=C/N1. The molecule has 33 heavy (non-hydrogen) atoms. The van der Waals surface area contributed by atoms with Crippen molar-refractivity contribution in [1.29, 1.82) is 0 Å². The number of allylic oxidation sites excluding steroid dienone is 1. The Morgan fingerprint density at radius 1 is 1.30 bits per heavy atom. The minimum Gasteiger partial charge on any atom is -0.401 e. The van der Waals surface area contributed by atoms with Gasteiger partial charge in [0.1, 0.15) is 5.54 Å². The van der Waals surface area contributed by atoms with Crippen molar-refractivity contribution in [3.05, 3.63) is 76.5 Å². The number of hydrogen-bond donors (Lipinski definition) is 3. The lowest BCUT2D eigenvalue weighted by atomic mass is 9.61. The van der Waals surface area contributed by atoms with Gasteiger partial charge in [-0.05, 0) is 47.5 Å². The van der Waals surface area contributed by atoms with E-state index >= 15 is 0 Å². The van der Waals surface area contributed by atoms with Gasteiger partial charge in [-0.25, -0.2) is 0 Å². The van der Waals surface area contributed by atoms with E-state index in [4.69, 9.17) is 11.5 Å². The lowest BCUT2D eigenvalue weighted by Crippen LogP contribution is -2.35. The Balaban J connectivity index is 1.82. The normalized spacial score (nSPS) is 23.4. The van der Waals surface area contributed by atoms with Gasteiger partial charge >= 0.3 is 0 Å². The highest BCUT2D eigenvalue weighted by atomic mass is 16.3. The van der Waals surface area contributed by atoms with Gasteiger partial charge in [0.15, 0.2) is 7.28 Å². The fraction of sp³-hybridized carbons (Fsp3) is 0.346. The minimum atomic E-state index is -0.759. The van der Waals surface area contributed by atoms with Crippen LogP contribution < -0.4 is 22.2 Å². The van der Waals surface area contributed by atoms with Crippen LogP contribution in [0.15, 0.2) is 65.0 Å². The number of hydrogen-bond acceptors (Lipinski definition) is 6. The van der Waals surface area contributed by atoms with Crippen molar-refractivity contribution in [1.82, 2.24) is 5.32 Å². The van der Waals surface area contributed by atoms with Crippen LogP contribution in [0.2, 0.25) is 6.32 Å². The Kier molecular flexibility index (Phi) is 6.52. The van der Waals surface area contributed by atoms with Gasteiger partial charge in [0.2, 0.25) is 0 Å². The Labute approximate surface area is 196 Å². The topological polar surface area (TPSA) is 106 Å². The first-order valence-corrected chi connectivity index (χ1v) is 11.6. The fourth-order valence-electron chi connectivity index (χ4n) is 4.73. The zero-order valence-electron chi connectivity index (χ0n) is 19.5. The van der Waals surface area contributed by atoms with Gasteiger partial charge in [-0.3, -0.25) is 4.99 Å². The molecule has 0 amide bonds. The lowest BCUT2D eigenvalue weighted by Gasteiger charge is -2.21. The minimum absolute atomic E-state index is 0.0104. The van der Waals surface area contributed by atoms with E-state index in [2.05, 4.69) is 65.4 Å². The average Bonchev–Trinajstić information content (AvgIpc) is 3.09. The standard InChI is InChI=1S/C26H32BN5O/c1-16-20-6-4-5-7-21(20)25-22(16)10-19(27-14-26(3,15-28)32-33)11-23(25)18-12-30-9-8-24(17(2)29)31-13-18/h4-7,10-13,16,24,27,31H,2,8-9,14-15,28-29H2,1,3H3/b18-13+,30-12-. The van der Waals surface area contributed by atoms with E-state index in [1.54, 1.807) is 0 Å². The summed E-state index contributed by atoms with van der Waals surface area (Å²) in [4.78, 5) is 16.0. The maximum Gasteiger partial charge on any atom is 0.160 e. The molecule has 0 spiro atoms. The summed E-state index contributed by atoms with van der Waals surface area (Å²) in [6.45, 7) is 8.90. The number of nitrogens with one attached hydrogen (secondary N) is 1. The molecule has 1 aliphatic carbocycles. The van der Waals surface area contributed by atoms with Crippen LogP contribution in [0.4, 0.5) is 0 Å². The molecule has 3 unspecified atom stereocenters. The molecular weight excluding hydrogens is 409 g/mol. The number of rotatable bonds is 7.